The minimum Gasteiger partial charge on any atom is -0.456 e. The Labute approximate surface area is 343 Å². The zero-order valence-corrected chi connectivity index (χ0v) is 33.6. The zero-order valence-electron chi connectivity index (χ0n) is 32.0. The predicted octanol–water partition coefficient (Wildman–Crippen LogP) is 8.03. The van der Waals surface area contributed by atoms with Gasteiger partial charge in [0.05, 0.1) is 15.4 Å². The Morgan fingerprint density at radius 2 is 1.67 bits per heavy atom. The first kappa shape index (κ1) is 40.5. The fourth-order valence-electron chi connectivity index (χ4n) is 7.22. The van der Waals surface area contributed by atoms with Gasteiger partial charge in [0.1, 0.15) is 17.2 Å². The van der Waals surface area contributed by atoms with Crippen LogP contribution in [0.5, 0.6) is 11.5 Å². The molecule has 0 atom stereocenters. The summed E-state index contributed by atoms with van der Waals surface area (Å²) in [5.74, 6) is -0.0838. The van der Waals surface area contributed by atoms with E-state index in [1.807, 2.05) is 36.4 Å². The minimum absolute atomic E-state index is 0.0242. The monoisotopic (exact) mass is 824 g/mol. The van der Waals surface area contributed by atoms with E-state index in [4.69, 9.17) is 21.1 Å². The normalized spacial score (nSPS) is 15.1. The number of rotatable bonds is 14. The molecule has 2 aliphatic heterocycles. The Morgan fingerprint density at radius 1 is 0.914 bits per heavy atom. The topological polar surface area (TPSA) is 155 Å². The van der Waals surface area contributed by atoms with Gasteiger partial charge in [0.15, 0.2) is 0 Å². The Bertz CT molecular complexity index is 2370. The molecule has 15 heteroatoms. The van der Waals surface area contributed by atoms with E-state index < -0.39 is 31.4 Å². The van der Waals surface area contributed by atoms with Crippen molar-refractivity contribution >= 4 is 50.3 Å². The van der Waals surface area contributed by atoms with Gasteiger partial charge >= 0.3 is 0 Å². The number of piperazine rings is 1. The Hall–Kier alpha value is -5.67. The Morgan fingerprint density at radius 3 is 2.41 bits per heavy atom. The number of nitrogens with one attached hydrogen (secondary N) is 3. The smallest absolute Gasteiger partial charge is 0.293 e. The van der Waals surface area contributed by atoms with Gasteiger partial charge in [0.25, 0.3) is 21.6 Å². The summed E-state index contributed by atoms with van der Waals surface area (Å²) in [6.07, 6.45) is 1.65. The number of carbonyl (C=O) groups excluding carboxylic acids is 1. The lowest BCUT2D eigenvalue weighted by Crippen LogP contribution is -2.46. The van der Waals surface area contributed by atoms with Crippen LogP contribution in [0.1, 0.15) is 28.8 Å². The fraction of sp³-hybridized carbons (Fsp3) is 0.279. The predicted molar refractivity (Wildman–Crippen MR) is 227 cm³/mol. The quantitative estimate of drug-likeness (QED) is 0.0737. The van der Waals surface area contributed by atoms with Crippen molar-refractivity contribution < 1.29 is 27.6 Å². The van der Waals surface area contributed by atoms with E-state index in [1.165, 1.54) is 23.8 Å². The molecule has 2 aliphatic rings. The molecule has 13 nitrogen and oxygen atoms in total. The number of carbonyl (C=O) groups is 1. The zero-order chi connectivity index (χ0) is 40.6. The molecule has 2 heterocycles. The van der Waals surface area contributed by atoms with Crippen molar-refractivity contribution in [3.8, 4) is 22.6 Å². The van der Waals surface area contributed by atoms with Crippen LogP contribution in [0.2, 0.25) is 5.02 Å². The second-order valence-electron chi connectivity index (χ2n) is 14.3. The van der Waals surface area contributed by atoms with Crippen LogP contribution in [-0.4, -0.2) is 77.1 Å². The van der Waals surface area contributed by atoms with Crippen LogP contribution >= 0.6 is 11.6 Å². The SMILES string of the molecule is CNc1cccc(Oc2cc(N3CCN(Cc4ccccc4-c4ccc(Cl)cc4)CC3)ccc2C(=O)NS(=O)(=O)c2ccc(NCC3CCOCC3)c([N+](=O)[O-])c2)c1. The minimum atomic E-state index is -4.54. The van der Waals surface area contributed by atoms with E-state index in [0.717, 1.165) is 61.0 Å². The summed E-state index contributed by atoms with van der Waals surface area (Å²) < 4.78 is 41.0. The molecule has 58 heavy (non-hydrogen) atoms. The first-order chi connectivity index (χ1) is 28.1. The summed E-state index contributed by atoms with van der Waals surface area (Å²) in [4.78, 5) is 29.4. The van der Waals surface area contributed by atoms with Gasteiger partial charge in [-0.3, -0.25) is 19.8 Å². The van der Waals surface area contributed by atoms with Crippen LogP contribution in [0.25, 0.3) is 11.1 Å². The van der Waals surface area contributed by atoms with Crippen molar-refractivity contribution in [1.82, 2.24) is 9.62 Å². The summed E-state index contributed by atoms with van der Waals surface area (Å²) in [6, 6.07) is 32.0. The number of ether oxygens (including phenoxy) is 2. The maximum atomic E-state index is 13.8. The third-order valence-electron chi connectivity index (χ3n) is 10.5. The molecule has 5 aromatic carbocycles. The third-order valence-corrected chi connectivity index (χ3v) is 12.1. The molecule has 0 unspecified atom stereocenters. The molecule has 3 N–H and O–H groups in total. The molecule has 0 aromatic heterocycles. The van der Waals surface area contributed by atoms with E-state index in [-0.39, 0.29) is 22.9 Å². The van der Waals surface area contributed by atoms with Gasteiger partial charge in [-0.2, -0.15) is 0 Å². The Kier molecular flexibility index (Phi) is 12.8. The maximum Gasteiger partial charge on any atom is 0.293 e. The number of nitrogens with zero attached hydrogens (tertiary/aromatic N) is 3. The number of hydrogen-bond acceptors (Lipinski definition) is 11. The standard InChI is InChI=1S/C43H45ClN6O7S/c1-45-34-6-4-7-36(25-34)57-42-26-35(49-21-19-48(20-22-49)29-32-5-2-3-8-38(32)31-9-11-33(44)12-10-31)13-15-39(42)43(51)47-58(54,55)37-14-16-40(41(27-37)50(52)53)46-28-30-17-23-56-24-18-30/h2-16,25-27,30,45-46H,17-24,28-29H2,1H3,(H,47,51). The fourth-order valence-corrected chi connectivity index (χ4v) is 8.33. The van der Waals surface area contributed by atoms with E-state index in [1.54, 1.807) is 37.4 Å². The average Bonchev–Trinajstić information content (AvgIpc) is 3.24. The number of sulfonamides is 1. The molecule has 2 saturated heterocycles. The van der Waals surface area contributed by atoms with Gasteiger partial charge in [-0.1, -0.05) is 54.1 Å². The van der Waals surface area contributed by atoms with Crippen molar-refractivity contribution in [3.63, 3.8) is 0 Å². The highest BCUT2D eigenvalue weighted by Gasteiger charge is 2.27. The molecule has 0 aliphatic carbocycles. The molecule has 0 spiro atoms. The molecule has 7 rings (SSSR count). The number of hydrogen-bond donors (Lipinski definition) is 3. The lowest BCUT2D eigenvalue weighted by molar-refractivity contribution is -0.384. The van der Waals surface area contributed by atoms with Gasteiger partial charge in [0.2, 0.25) is 0 Å². The first-order valence-electron chi connectivity index (χ1n) is 19.1. The van der Waals surface area contributed by atoms with Crippen molar-refractivity contribution in [1.29, 1.82) is 0 Å². The second kappa shape index (κ2) is 18.3. The van der Waals surface area contributed by atoms with E-state index in [0.29, 0.717) is 43.6 Å². The van der Waals surface area contributed by atoms with Crippen molar-refractivity contribution in [2.45, 2.75) is 24.3 Å². The van der Waals surface area contributed by atoms with Gasteiger partial charge in [-0.05, 0) is 84.0 Å². The number of anilines is 3. The molecule has 0 radical (unpaired) electrons. The second-order valence-corrected chi connectivity index (χ2v) is 16.4. The third kappa shape index (κ3) is 9.88. The summed E-state index contributed by atoms with van der Waals surface area (Å²) in [6.45, 7) is 5.49. The number of amides is 1. The van der Waals surface area contributed by atoms with Crippen molar-refractivity contribution in [3.05, 3.63) is 135 Å². The highest BCUT2D eigenvalue weighted by molar-refractivity contribution is 7.90. The molecule has 2 fully saturated rings. The summed E-state index contributed by atoms with van der Waals surface area (Å²) in [7, 11) is -2.76. The summed E-state index contributed by atoms with van der Waals surface area (Å²) in [5, 5.41) is 18.9. The van der Waals surface area contributed by atoms with E-state index in [2.05, 4.69) is 43.4 Å². The average molecular weight is 825 g/mol. The van der Waals surface area contributed by atoms with Crippen LogP contribution in [0, 0.1) is 16.0 Å². The highest BCUT2D eigenvalue weighted by atomic mass is 35.5. The van der Waals surface area contributed by atoms with Crippen molar-refractivity contribution in [2.24, 2.45) is 5.92 Å². The highest BCUT2D eigenvalue weighted by Crippen LogP contribution is 2.34. The maximum absolute atomic E-state index is 13.8. The molecule has 1 amide bonds. The van der Waals surface area contributed by atoms with Crippen LogP contribution in [0.3, 0.4) is 0 Å². The summed E-state index contributed by atoms with van der Waals surface area (Å²) in [5.41, 5.74) is 4.83. The van der Waals surface area contributed by atoms with Gasteiger partial charge in [-0.15, -0.1) is 0 Å². The lowest BCUT2D eigenvalue weighted by Gasteiger charge is -2.36. The van der Waals surface area contributed by atoms with Crippen LogP contribution in [0.15, 0.2) is 114 Å². The molecule has 0 bridgehead atoms. The van der Waals surface area contributed by atoms with Gasteiger partial charge < -0.3 is 25.0 Å². The molecule has 0 saturated carbocycles. The number of benzene rings is 5. The van der Waals surface area contributed by atoms with Gasteiger partial charge in [0, 0.05) is 94.1 Å². The largest absolute Gasteiger partial charge is 0.456 e. The summed E-state index contributed by atoms with van der Waals surface area (Å²) >= 11 is 6.15. The van der Waals surface area contributed by atoms with Crippen LogP contribution in [0.4, 0.5) is 22.7 Å². The lowest BCUT2D eigenvalue weighted by atomic mass is 9.99. The Balaban J connectivity index is 1.08. The van der Waals surface area contributed by atoms with Crippen LogP contribution < -0.4 is 25.0 Å². The number of nitro benzene ring substituents is 1. The van der Waals surface area contributed by atoms with Crippen LogP contribution in [-0.2, 0) is 21.3 Å². The molecular weight excluding hydrogens is 780 g/mol. The number of nitro groups is 1. The van der Waals surface area contributed by atoms with Gasteiger partial charge in [-0.25, -0.2) is 13.1 Å². The molecular formula is C43H45ClN6O7S. The van der Waals surface area contributed by atoms with E-state index >= 15 is 0 Å². The molecule has 302 valence electrons. The van der Waals surface area contributed by atoms with E-state index in [9.17, 15) is 23.3 Å². The number of halogens is 1. The molecule has 5 aromatic rings. The van der Waals surface area contributed by atoms with Crippen molar-refractivity contribution in [2.75, 3.05) is 68.5 Å². The first-order valence-corrected chi connectivity index (χ1v) is 21.0.